The lowest BCUT2D eigenvalue weighted by atomic mass is 10.1. The van der Waals surface area contributed by atoms with Gasteiger partial charge in [-0.25, -0.2) is 22.0 Å². The van der Waals surface area contributed by atoms with E-state index in [1.54, 1.807) is 12.1 Å². The number of hydrogen-bond donors (Lipinski definition) is 0. The van der Waals surface area contributed by atoms with Crippen molar-refractivity contribution >= 4 is 16.0 Å². The summed E-state index contributed by atoms with van der Waals surface area (Å²) in [6, 6.07) is 9.96. The number of nitrogens with zero attached hydrogens (tertiary/aromatic N) is 2. The van der Waals surface area contributed by atoms with E-state index in [1.165, 1.54) is 7.11 Å². The number of methoxy groups -OCH3 is 1. The summed E-state index contributed by atoms with van der Waals surface area (Å²) in [6.45, 7) is 1.69. The Morgan fingerprint density at radius 3 is 2.11 bits per heavy atom. The van der Waals surface area contributed by atoms with Crippen molar-refractivity contribution in [3.05, 3.63) is 65.2 Å². The maximum atomic E-state index is 13.9. The molecule has 1 fully saturated rings. The van der Waals surface area contributed by atoms with Gasteiger partial charge in [-0.05, 0) is 29.8 Å². The van der Waals surface area contributed by atoms with Crippen molar-refractivity contribution in [2.75, 3.05) is 33.3 Å². The van der Waals surface area contributed by atoms with E-state index < -0.39 is 32.5 Å². The van der Waals surface area contributed by atoms with Crippen LogP contribution in [0, 0.1) is 11.6 Å². The number of esters is 1. The van der Waals surface area contributed by atoms with Gasteiger partial charge in [-0.1, -0.05) is 18.2 Å². The molecule has 0 bridgehead atoms. The molecule has 0 spiro atoms. The van der Waals surface area contributed by atoms with Gasteiger partial charge in [0.15, 0.2) is 4.90 Å². The van der Waals surface area contributed by atoms with Crippen LogP contribution in [0.4, 0.5) is 8.78 Å². The van der Waals surface area contributed by atoms with Gasteiger partial charge >= 0.3 is 5.97 Å². The number of carbonyl (C=O) groups excluding carboxylic acids is 1. The van der Waals surface area contributed by atoms with Crippen LogP contribution >= 0.6 is 0 Å². The van der Waals surface area contributed by atoms with Crippen molar-refractivity contribution < 1.29 is 26.7 Å². The van der Waals surface area contributed by atoms with Crippen LogP contribution in [0.25, 0.3) is 0 Å². The van der Waals surface area contributed by atoms with Crippen LogP contribution in [0.3, 0.4) is 0 Å². The smallest absolute Gasteiger partial charge is 0.337 e. The number of halogens is 2. The molecular weight excluding hydrogens is 390 g/mol. The highest BCUT2D eigenvalue weighted by molar-refractivity contribution is 7.89. The summed E-state index contributed by atoms with van der Waals surface area (Å²) in [5.41, 5.74) is 1.41. The number of benzene rings is 2. The van der Waals surface area contributed by atoms with E-state index in [0.717, 1.165) is 28.1 Å². The Hall–Kier alpha value is -2.36. The minimum atomic E-state index is -4.23. The zero-order valence-corrected chi connectivity index (χ0v) is 16.1. The highest BCUT2D eigenvalue weighted by atomic mass is 32.2. The van der Waals surface area contributed by atoms with Crippen LogP contribution in [0.5, 0.6) is 0 Å². The summed E-state index contributed by atoms with van der Waals surface area (Å²) in [5, 5.41) is 0. The molecule has 1 aliphatic heterocycles. The molecule has 6 nitrogen and oxygen atoms in total. The summed E-state index contributed by atoms with van der Waals surface area (Å²) in [5.74, 6) is -2.59. The van der Waals surface area contributed by atoms with Gasteiger partial charge in [-0.2, -0.15) is 4.31 Å². The SMILES string of the molecule is COC(=O)c1ccc(CN2CCN(S(=O)(=O)c3c(F)cccc3F)CC2)cc1. The maximum absolute atomic E-state index is 13.9. The predicted molar refractivity (Wildman–Crippen MR) is 98.2 cm³/mol. The number of ether oxygens (including phenoxy) is 1. The van der Waals surface area contributed by atoms with E-state index in [0.29, 0.717) is 25.2 Å². The summed E-state index contributed by atoms with van der Waals surface area (Å²) in [6.07, 6.45) is 0. The molecule has 1 saturated heterocycles. The Kier molecular flexibility index (Phi) is 6.07. The molecule has 1 heterocycles. The number of sulfonamides is 1. The average molecular weight is 410 g/mol. The van der Waals surface area contributed by atoms with Crippen LogP contribution < -0.4 is 0 Å². The van der Waals surface area contributed by atoms with Gasteiger partial charge in [-0.3, -0.25) is 4.90 Å². The maximum Gasteiger partial charge on any atom is 0.337 e. The van der Waals surface area contributed by atoms with Crippen molar-refractivity contribution in [2.45, 2.75) is 11.4 Å². The monoisotopic (exact) mass is 410 g/mol. The molecule has 2 aromatic carbocycles. The quantitative estimate of drug-likeness (QED) is 0.708. The lowest BCUT2D eigenvalue weighted by Gasteiger charge is -2.34. The zero-order valence-electron chi connectivity index (χ0n) is 15.3. The predicted octanol–water partition coefficient (Wildman–Crippen LogP) is 2.26. The number of piperazine rings is 1. The molecule has 0 radical (unpaired) electrons. The topological polar surface area (TPSA) is 66.9 Å². The summed E-state index contributed by atoms with van der Waals surface area (Å²) < 4.78 is 58.8. The molecule has 28 heavy (non-hydrogen) atoms. The lowest BCUT2D eigenvalue weighted by Crippen LogP contribution is -2.48. The minimum absolute atomic E-state index is 0.135. The first-order valence-corrected chi connectivity index (χ1v) is 10.1. The van der Waals surface area contributed by atoms with Crippen molar-refractivity contribution in [3.8, 4) is 0 Å². The van der Waals surface area contributed by atoms with Crippen LogP contribution in [0.2, 0.25) is 0 Å². The molecule has 9 heteroatoms. The van der Waals surface area contributed by atoms with Crippen molar-refractivity contribution in [2.24, 2.45) is 0 Å². The summed E-state index contributed by atoms with van der Waals surface area (Å²) >= 11 is 0. The largest absolute Gasteiger partial charge is 0.465 e. The van der Waals surface area contributed by atoms with Gasteiger partial charge in [0, 0.05) is 32.7 Å². The zero-order chi connectivity index (χ0) is 20.3. The molecule has 1 aliphatic rings. The standard InChI is InChI=1S/C19H20F2N2O4S/c1-27-19(24)15-7-5-14(6-8-15)13-22-9-11-23(12-10-22)28(25,26)18-16(20)3-2-4-17(18)21/h2-8H,9-13H2,1H3. The van der Waals surface area contributed by atoms with Crippen LogP contribution in [0.15, 0.2) is 47.4 Å². The van der Waals surface area contributed by atoms with E-state index in [-0.39, 0.29) is 13.1 Å². The Balaban J connectivity index is 1.64. The van der Waals surface area contributed by atoms with E-state index >= 15 is 0 Å². The normalized spacial score (nSPS) is 16.1. The molecule has 0 aliphatic carbocycles. The average Bonchev–Trinajstić information content (AvgIpc) is 2.68. The van der Waals surface area contributed by atoms with E-state index in [1.807, 2.05) is 17.0 Å². The van der Waals surface area contributed by atoms with E-state index in [9.17, 15) is 22.0 Å². The molecule has 0 aromatic heterocycles. The molecular formula is C19H20F2N2O4S. The fraction of sp³-hybridized carbons (Fsp3) is 0.316. The number of rotatable bonds is 5. The Morgan fingerprint density at radius 2 is 1.57 bits per heavy atom. The summed E-state index contributed by atoms with van der Waals surface area (Å²) in [7, 11) is -2.92. The molecule has 0 atom stereocenters. The van der Waals surface area contributed by atoms with E-state index in [2.05, 4.69) is 4.74 Å². The highest BCUT2D eigenvalue weighted by Gasteiger charge is 2.33. The molecule has 0 N–H and O–H groups in total. The molecule has 0 saturated carbocycles. The number of carbonyl (C=O) groups is 1. The third-order valence-corrected chi connectivity index (χ3v) is 6.58. The molecule has 0 unspecified atom stereocenters. The molecule has 150 valence electrons. The second kappa shape index (κ2) is 8.34. The Labute approximate surface area is 162 Å². The minimum Gasteiger partial charge on any atom is -0.465 e. The van der Waals surface area contributed by atoms with Crippen LogP contribution in [-0.4, -0.2) is 56.9 Å². The lowest BCUT2D eigenvalue weighted by molar-refractivity contribution is 0.0600. The highest BCUT2D eigenvalue weighted by Crippen LogP contribution is 2.24. The Bertz CT molecular complexity index is 936. The van der Waals surface area contributed by atoms with Crippen LogP contribution in [-0.2, 0) is 21.3 Å². The van der Waals surface area contributed by atoms with Gasteiger partial charge < -0.3 is 4.74 Å². The van der Waals surface area contributed by atoms with Crippen molar-refractivity contribution in [1.82, 2.24) is 9.21 Å². The second-order valence-corrected chi connectivity index (χ2v) is 8.29. The van der Waals surface area contributed by atoms with Gasteiger partial charge in [0.1, 0.15) is 11.6 Å². The van der Waals surface area contributed by atoms with Gasteiger partial charge in [0.25, 0.3) is 0 Å². The second-order valence-electron chi connectivity index (χ2n) is 6.42. The van der Waals surface area contributed by atoms with E-state index in [4.69, 9.17) is 0 Å². The fourth-order valence-corrected chi connectivity index (χ4v) is 4.64. The molecule has 3 rings (SSSR count). The summed E-state index contributed by atoms with van der Waals surface area (Å²) in [4.78, 5) is 12.6. The van der Waals surface area contributed by atoms with Crippen molar-refractivity contribution in [1.29, 1.82) is 0 Å². The first-order chi connectivity index (χ1) is 13.3. The van der Waals surface area contributed by atoms with Gasteiger partial charge in [-0.15, -0.1) is 0 Å². The molecule has 2 aromatic rings. The van der Waals surface area contributed by atoms with Crippen molar-refractivity contribution in [3.63, 3.8) is 0 Å². The van der Waals surface area contributed by atoms with Gasteiger partial charge in [0.05, 0.1) is 12.7 Å². The third kappa shape index (κ3) is 4.21. The fourth-order valence-electron chi connectivity index (χ4n) is 3.11. The first kappa shape index (κ1) is 20.4. The Morgan fingerprint density at radius 1 is 1.00 bits per heavy atom. The molecule has 0 amide bonds. The van der Waals surface area contributed by atoms with Gasteiger partial charge in [0.2, 0.25) is 10.0 Å². The first-order valence-electron chi connectivity index (χ1n) is 8.66. The number of hydrogen-bond acceptors (Lipinski definition) is 5. The van der Waals surface area contributed by atoms with Crippen LogP contribution in [0.1, 0.15) is 15.9 Å². The third-order valence-electron chi connectivity index (χ3n) is 4.63.